The summed E-state index contributed by atoms with van der Waals surface area (Å²) in [5.41, 5.74) is 2.90. The molecule has 1 atom stereocenters. The topological polar surface area (TPSA) is 75.3 Å². The van der Waals surface area contributed by atoms with Crippen LogP contribution in [0.15, 0.2) is 0 Å². The monoisotopic (exact) mass is 347 g/mol. The number of nitrogens with one attached hydrogen (secondary N) is 1. The highest BCUT2D eigenvalue weighted by Gasteiger charge is 2.14. The zero-order valence-electron chi connectivity index (χ0n) is 15.1. The maximum absolute atomic E-state index is 11.6. The number of methoxy groups -OCH3 is 2. The smallest absolute Gasteiger partial charge is 0.305 e. The highest BCUT2D eigenvalue weighted by Crippen LogP contribution is 2.23. The number of ether oxygens (including phenoxy) is 4. The van der Waals surface area contributed by atoms with Gasteiger partial charge in [-0.2, -0.15) is 5.48 Å². The SMILES string of the molecule is COCCOC(=O)CCC(COC)NOCOCC1CCCCC1. The van der Waals surface area contributed by atoms with Gasteiger partial charge in [0.2, 0.25) is 0 Å². The minimum absolute atomic E-state index is 0.0803. The van der Waals surface area contributed by atoms with Crippen molar-refractivity contribution in [1.29, 1.82) is 0 Å². The summed E-state index contributed by atoms with van der Waals surface area (Å²) >= 11 is 0. The van der Waals surface area contributed by atoms with E-state index in [0.29, 0.717) is 32.0 Å². The predicted molar refractivity (Wildman–Crippen MR) is 89.3 cm³/mol. The first kappa shape index (κ1) is 21.3. The van der Waals surface area contributed by atoms with E-state index in [-0.39, 0.29) is 25.4 Å². The second kappa shape index (κ2) is 14.6. The molecule has 1 N–H and O–H groups in total. The molecule has 0 saturated heterocycles. The number of hydrogen-bond acceptors (Lipinski definition) is 7. The van der Waals surface area contributed by atoms with Crippen LogP contribution in [0.3, 0.4) is 0 Å². The van der Waals surface area contributed by atoms with E-state index >= 15 is 0 Å². The molecule has 7 nitrogen and oxygen atoms in total. The third-order valence-corrected chi connectivity index (χ3v) is 4.09. The van der Waals surface area contributed by atoms with Crippen molar-refractivity contribution in [2.75, 3.05) is 47.4 Å². The van der Waals surface area contributed by atoms with E-state index in [4.69, 9.17) is 23.8 Å². The van der Waals surface area contributed by atoms with Gasteiger partial charge in [0.25, 0.3) is 0 Å². The van der Waals surface area contributed by atoms with E-state index in [1.807, 2.05) is 0 Å². The molecule has 0 amide bonds. The average Bonchev–Trinajstić information content (AvgIpc) is 2.60. The van der Waals surface area contributed by atoms with Crippen LogP contribution < -0.4 is 5.48 Å². The van der Waals surface area contributed by atoms with Gasteiger partial charge < -0.3 is 18.9 Å². The summed E-state index contributed by atoms with van der Waals surface area (Å²) in [6.07, 6.45) is 7.35. The van der Waals surface area contributed by atoms with E-state index in [1.54, 1.807) is 14.2 Å². The van der Waals surface area contributed by atoms with Crippen LogP contribution >= 0.6 is 0 Å². The number of esters is 1. The van der Waals surface area contributed by atoms with Crippen LogP contribution in [-0.2, 0) is 28.6 Å². The summed E-state index contributed by atoms with van der Waals surface area (Å²) < 4.78 is 20.5. The minimum atomic E-state index is -0.247. The maximum Gasteiger partial charge on any atom is 0.305 e. The molecule has 0 bridgehead atoms. The fourth-order valence-electron chi connectivity index (χ4n) is 2.74. The molecule has 0 spiro atoms. The Hall–Kier alpha value is -0.730. The summed E-state index contributed by atoms with van der Waals surface area (Å²) in [4.78, 5) is 16.9. The molecule has 7 heteroatoms. The molecule has 0 heterocycles. The standard InChI is InChI=1S/C17H33NO6/c1-20-10-11-23-17(19)9-8-16(13-21-2)18-24-14-22-12-15-6-4-3-5-7-15/h15-16,18H,3-14H2,1-2H3. The Kier molecular flexibility index (Phi) is 13.0. The quantitative estimate of drug-likeness (QED) is 0.223. The van der Waals surface area contributed by atoms with Crippen molar-refractivity contribution >= 4 is 5.97 Å². The van der Waals surface area contributed by atoms with Crippen molar-refractivity contribution < 1.29 is 28.6 Å². The Morgan fingerprint density at radius 3 is 2.62 bits per heavy atom. The fraction of sp³-hybridized carbons (Fsp3) is 0.941. The van der Waals surface area contributed by atoms with E-state index < -0.39 is 0 Å². The van der Waals surface area contributed by atoms with E-state index in [1.165, 1.54) is 32.1 Å². The van der Waals surface area contributed by atoms with Gasteiger partial charge in [-0.1, -0.05) is 19.3 Å². The van der Waals surface area contributed by atoms with Gasteiger partial charge >= 0.3 is 5.97 Å². The Morgan fingerprint density at radius 2 is 1.92 bits per heavy atom. The van der Waals surface area contributed by atoms with Crippen LogP contribution in [-0.4, -0.2) is 59.5 Å². The zero-order chi connectivity index (χ0) is 17.5. The molecule has 1 aliphatic rings. The number of hydrogen-bond donors (Lipinski definition) is 1. The molecule has 0 aromatic carbocycles. The highest BCUT2D eigenvalue weighted by molar-refractivity contribution is 5.69. The molecule has 1 fully saturated rings. The highest BCUT2D eigenvalue weighted by atomic mass is 16.8. The molecular weight excluding hydrogens is 314 g/mol. The van der Waals surface area contributed by atoms with Gasteiger partial charge in [-0.25, -0.2) is 0 Å². The second-order valence-electron chi connectivity index (χ2n) is 6.16. The van der Waals surface area contributed by atoms with Crippen LogP contribution in [0.2, 0.25) is 0 Å². The lowest BCUT2D eigenvalue weighted by Gasteiger charge is -2.22. The van der Waals surface area contributed by atoms with E-state index in [0.717, 1.165) is 6.61 Å². The molecule has 0 aromatic rings. The lowest BCUT2D eigenvalue weighted by atomic mass is 9.90. The summed E-state index contributed by atoms with van der Waals surface area (Å²) in [5, 5.41) is 0. The van der Waals surface area contributed by atoms with Gasteiger partial charge in [0.05, 0.1) is 25.9 Å². The van der Waals surface area contributed by atoms with Crippen molar-refractivity contribution in [3.05, 3.63) is 0 Å². The summed E-state index contributed by atoms with van der Waals surface area (Å²) in [7, 11) is 3.19. The maximum atomic E-state index is 11.6. The average molecular weight is 347 g/mol. The molecule has 1 unspecified atom stereocenters. The Morgan fingerprint density at radius 1 is 1.12 bits per heavy atom. The van der Waals surface area contributed by atoms with Crippen LogP contribution in [0.5, 0.6) is 0 Å². The molecular formula is C17H33NO6. The van der Waals surface area contributed by atoms with Gasteiger partial charge in [-0.15, -0.1) is 0 Å². The third kappa shape index (κ3) is 10.9. The van der Waals surface area contributed by atoms with Crippen molar-refractivity contribution in [2.45, 2.75) is 51.0 Å². The molecule has 0 aromatic heterocycles. The number of hydroxylamine groups is 1. The first-order valence-electron chi connectivity index (χ1n) is 8.84. The number of carbonyl (C=O) groups excluding carboxylic acids is 1. The van der Waals surface area contributed by atoms with Crippen molar-refractivity contribution in [1.82, 2.24) is 5.48 Å². The second-order valence-corrected chi connectivity index (χ2v) is 6.16. The van der Waals surface area contributed by atoms with E-state index in [9.17, 15) is 4.79 Å². The largest absolute Gasteiger partial charge is 0.463 e. The van der Waals surface area contributed by atoms with Gasteiger partial charge in [-0.05, 0) is 25.2 Å². The minimum Gasteiger partial charge on any atom is -0.463 e. The lowest BCUT2D eigenvalue weighted by molar-refractivity contribution is -0.146. The molecule has 0 radical (unpaired) electrons. The van der Waals surface area contributed by atoms with Gasteiger partial charge in [0.15, 0.2) is 6.79 Å². The number of rotatable bonds is 14. The first-order chi connectivity index (χ1) is 11.8. The molecule has 0 aliphatic heterocycles. The van der Waals surface area contributed by atoms with Crippen LogP contribution in [0.4, 0.5) is 0 Å². The van der Waals surface area contributed by atoms with Gasteiger partial charge in [0.1, 0.15) is 6.61 Å². The van der Waals surface area contributed by atoms with Gasteiger partial charge in [-0.3, -0.25) is 9.63 Å². The summed E-state index contributed by atoms with van der Waals surface area (Å²) in [6, 6.07) is -0.0803. The van der Waals surface area contributed by atoms with E-state index in [2.05, 4.69) is 5.48 Å². The Bertz CT molecular complexity index is 309. The fourth-order valence-corrected chi connectivity index (χ4v) is 2.74. The van der Waals surface area contributed by atoms with Crippen molar-refractivity contribution in [3.63, 3.8) is 0 Å². The predicted octanol–water partition coefficient (Wildman–Crippen LogP) is 2.05. The molecule has 1 rings (SSSR count). The van der Waals surface area contributed by atoms with Crippen LogP contribution in [0, 0.1) is 5.92 Å². The summed E-state index contributed by atoms with van der Waals surface area (Å²) in [5.74, 6) is 0.419. The molecule has 142 valence electrons. The van der Waals surface area contributed by atoms with Gasteiger partial charge in [0, 0.05) is 20.6 Å². The van der Waals surface area contributed by atoms with Crippen LogP contribution in [0.25, 0.3) is 0 Å². The normalized spacial score (nSPS) is 16.9. The molecule has 24 heavy (non-hydrogen) atoms. The van der Waals surface area contributed by atoms with Crippen molar-refractivity contribution in [3.8, 4) is 0 Å². The van der Waals surface area contributed by atoms with Crippen LogP contribution in [0.1, 0.15) is 44.9 Å². The Labute approximate surface area is 145 Å². The lowest BCUT2D eigenvalue weighted by Crippen LogP contribution is -2.35. The Balaban J connectivity index is 2.05. The molecule has 1 saturated carbocycles. The summed E-state index contributed by atoms with van der Waals surface area (Å²) in [6.45, 7) is 2.10. The van der Waals surface area contributed by atoms with Crippen molar-refractivity contribution in [2.24, 2.45) is 5.92 Å². The number of carbonyl (C=O) groups is 1. The third-order valence-electron chi connectivity index (χ3n) is 4.09. The first-order valence-corrected chi connectivity index (χ1v) is 8.84. The zero-order valence-corrected chi connectivity index (χ0v) is 15.1. The molecule has 1 aliphatic carbocycles.